The van der Waals surface area contributed by atoms with E-state index >= 15 is 0 Å². The van der Waals surface area contributed by atoms with Gasteiger partial charge in [0, 0.05) is 12.6 Å². The highest BCUT2D eigenvalue weighted by Gasteiger charge is 2.30. The SMILES string of the molecule is COc1ccc(C=NN(C)C2=NS(=O)(=O)c3ccccc32)cc1Br. The van der Waals surface area contributed by atoms with Crippen LogP contribution in [-0.2, 0) is 10.0 Å². The molecule has 1 aliphatic heterocycles. The number of rotatable bonds is 3. The summed E-state index contributed by atoms with van der Waals surface area (Å²) in [7, 11) is -0.397. The maximum atomic E-state index is 12.1. The summed E-state index contributed by atoms with van der Waals surface area (Å²) < 4.78 is 33.9. The summed E-state index contributed by atoms with van der Waals surface area (Å²) in [5.74, 6) is 1.02. The van der Waals surface area contributed by atoms with E-state index in [0.717, 1.165) is 15.8 Å². The molecule has 0 spiro atoms. The highest BCUT2D eigenvalue weighted by molar-refractivity contribution is 9.10. The average Bonchev–Trinajstić information content (AvgIpc) is 2.85. The summed E-state index contributed by atoms with van der Waals surface area (Å²) in [5, 5.41) is 5.73. The monoisotopic (exact) mass is 407 g/mol. The van der Waals surface area contributed by atoms with Crippen molar-refractivity contribution in [1.29, 1.82) is 0 Å². The molecule has 24 heavy (non-hydrogen) atoms. The van der Waals surface area contributed by atoms with Crippen molar-refractivity contribution >= 4 is 38.0 Å². The lowest BCUT2D eigenvalue weighted by Crippen LogP contribution is -2.21. The van der Waals surface area contributed by atoms with Crippen LogP contribution in [0, 0.1) is 0 Å². The van der Waals surface area contributed by atoms with Gasteiger partial charge >= 0.3 is 0 Å². The van der Waals surface area contributed by atoms with Gasteiger partial charge in [-0.05, 0) is 51.8 Å². The molecule has 124 valence electrons. The second-order valence-corrected chi connectivity index (χ2v) is 7.48. The summed E-state index contributed by atoms with van der Waals surface area (Å²) in [6.45, 7) is 0. The van der Waals surface area contributed by atoms with Gasteiger partial charge in [-0.1, -0.05) is 12.1 Å². The molecule has 0 amide bonds. The lowest BCUT2D eigenvalue weighted by molar-refractivity contribution is 0.412. The zero-order valence-corrected chi connectivity index (χ0v) is 15.4. The number of sulfonamides is 1. The van der Waals surface area contributed by atoms with Crippen molar-refractivity contribution in [2.45, 2.75) is 4.90 Å². The molecule has 2 aromatic carbocycles. The highest BCUT2D eigenvalue weighted by Crippen LogP contribution is 2.27. The van der Waals surface area contributed by atoms with Crippen molar-refractivity contribution in [3.05, 3.63) is 58.1 Å². The molecule has 0 bridgehead atoms. The average molecular weight is 408 g/mol. The first-order chi connectivity index (χ1) is 11.4. The predicted octanol–water partition coefficient (Wildman–Crippen LogP) is 2.87. The molecule has 6 nitrogen and oxygen atoms in total. The van der Waals surface area contributed by atoms with Gasteiger partial charge in [0.05, 0.1) is 17.8 Å². The van der Waals surface area contributed by atoms with E-state index in [4.69, 9.17) is 4.74 Å². The zero-order chi connectivity index (χ0) is 17.3. The van der Waals surface area contributed by atoms with E-state index in [-0.39, 0.29) is 4.90 Å². The first-order valence-corrected chi connectivity index (χ1v) is 9.21. The molecule has 0 aliphatic carbocycles. The van der Waals surface area contributed by atoms with Gasteiger partial charge in [0.25, 0.3) is 10.0 Å². The summed E-state index contributed by atoms with van der Waals surface area (Å²) in [4.78, 5) is 0.203. The van der Waals surface area contributed by atoms with Gasteiger partial charge < -0.3 is 4.74 Å². The molecule has 0 radical (unpaired) electrons. The zero-order valence-electron chi connectivity index (χ0n) is 13.0. The van der Waals surface area contributed by atoms with Crippen molar-refractivity contribution in [2.24, 2.45) is 9.50 Å². The van der Waals surface area contributed by atoms with Crippen LogP contribution >= 0.6 is 15.9 Å². The standard InChI is InChI=1S/C16H14BrN3O3S/c1-20(18-10-11-7-8-14(23-2)13(17)9-11)16-12-5-3-4-6-15(12)24(21,22)19-16/h3-10H,1-2H3. The van der Waals surface area contributed by atoms with Crippen molar-refractivity contribution in [2.75, 3.05) is 14.2 Å². The van der Waals surface area contributed by atoms with E-state index in [2.05, 4.69) is 25.4 Å². The molecule has 0 saturated carbocycles. The lowest BCUT2D eigenvalue weighted by Gasteiger charge is -2.12. The largest absolute Gasteiger partial charge is 0.496 e. The molecular weight excluding hydrogens is 394 g/mol. The van der Waals surface area contributed by atoms with Crippen LogP contribution in [0.2, 0.25) is 0 Å². The quantitative estimate of drug-likeness (QED) is 0.579. The highest BCUT2D eigenvalue weighted by atomic mass is 79.9. The molecule has 1 heterocycles. The Morgan fingerprint density at radius 1 is 1.25 bits per heavy atom. The third-order valence-electron chi connectivity index (χ3n) is 3.47. The third-order valence-corrected chi connectivity index (χ3v) is 5.42. The minimum atomic E-state index is -3.65. The molecule has 0 unspecified atom stereocenters. The Labute approximate surface area is 148 Å². The molecule has 8 heteroatoms. The Bertz CT molecular complexity index is 955. The first kappa shape index (κ1) is 16.7. The van der Waals surface area contributed by atoms with E-state index in [1.807, 2.05) is 18.2 Å². The summed E-state index contributed by atoms with van der Waals surface area (Å²) in [5.41, 5.74) is 1.39. The summed E-state index contributed by atoms with van der Waals surface area (Å²) >= 11 is 3.41. The Kier molecular flexibility index (Phi) is 4.42. The van der Waals surface area contributed by atoms with Crippen LogP contribution in [0.5, 0.6) is 5.75 Å². The van der Waals surface area contributed by atoms with Crippen LogP contribution < -0.4 is 4.74 Å². The third kappa shape index (κ3) is 3.07. The summed E-state index contributed by atoms with van der Waals surface area (Å²) in [6.07, 6.45) is 1.63. The smallest absolute Gasteiger partial charge is 0.285 e. The number of nitrogens with zero attached hydrogens (tertiary/aromatic N) is 3. The van der Waals surface area contributed by atoms with Crippen molar-refractivity contribution < 1.29 is 13.2 Å². The van der Waals surface area contributed by atoms with Gasteiger partial charge in [-0.2, -0.15) is 13.5 Å². The van der Waals surface area contributed by atoms with E-state index in [1.165, 1.54) is 5.01 Å². The fourth-order valence-corrected chi connectivity index (χ4v) is 4.08. The van der Waals surface area contributed by atoms with Gasteiger partial charge in [-0.25, -0.2) is 5.01 Å². The normalized spacial score (nSPS) is 15.2. The molecular formula is C16H14BrN3O3S. The van der Waals surface area contributed by atoms with Gasteiger partial charge in [-0.3, -0.25) is 0 Å². The lowest BCUT2D eigenvalue weighted by atomic mass is 10.2. The molecule has 0 atom stereocenters. The van der Waals surface area contributed by atoms with Crippen LogP contribution in [-0.4, -0.2) is 39.6 Å². The minimum absolute atomic E-state index is 0.203. The van der Waals surface area contributed by atoms with Crippen LogP contribution in [0.25, 0.3) is 0 Å². The maximum Gasteiger partial charge on any atom is 0.285 e. The van der Waals surface area contributed by atoms with Crippen LogP contribution in [0.4, 0.5) is 0 Å². The van der Waals surface area contributed by atoms with Crippen molar-refractivity contribution in [3.8, 4) is 5.75 Å². The van der Waals surface area contributed by atoms with E-state index in [1.54, 1.807) is 44.6 Å². The van der Waals surface area contributed by atoms with Crippen molar-refractivity contribution in [1.82, 2.24) is 5.01 Å². The van der Waals surface area contributed by atoms with Crippen LogP contribution in [0.15, 0.2) is 61.3 Å². The van der Waals surface area contributed by atoms with Crippen LogP contribution in [0.1, 0.15) is 11.1 Å². The Morgan fingerprint density at radius 3 is 2.71 bits per heavy atom. The second-order valence-electron chi connectivity index (χ2n) is 5.05. The fraction of sp³-hybridized carbons (Fsp3) is 0.125. The van der Waals surface area contributed by atoms with Gasteiger partial charge in [0.1, 0.15) is 10.6 Å². The van der Waals surface area contributed by atoms with Gasteiger partial charge in [0.2, 0.25) is 0 Å². The number of hydrazone groups is 1. The number of hydrogen-bond acceptors (Lipinski definition) is 5. The Balaban J connectivity index is 1.88. The van der Waals surface area contributed by atoms with Gasteiger partial charge in [0.15, 0.2) is 5.84 Å². The maximum absolute atomic E-state index is 12.1. The van der Waals surface area contributed by atoms with Crippen molar-refractivity contribution in [3.63, 3.8) is 0 Å². The number of benzene rings is 2. The molecule has 0 aromatic heterocycles. The van der Waals surface area contributed by atoms with Crippen LogP contribution in [0.3, 0.4) is 0 Å². The molecule has 0 fully saturated rings. The fourth-order valence-electron chi connectivity index (χ4n) is 2.29. The number of fused-ring (bicyclic) bond motifs is 1. The number of amidine groups is 1. The number of halogens is 1. The Hall–Kier alpha value is -2.19. The second kappa shape index (κ2) is 6.37. The number of methoxy groups -OCH3 is 1. The molecule has 0 saturated heterocycles. The number of hydrogen-bond donors (Lipinski definition) is 0. The van der Waals surface area contributed by atoms with E-state index in [9.17, 15) is 8.42 Å². The Morgan fingerprint density at radius 2 is 2.00 bits per heavy atom. The topological polar surface area (TPSA) is 71.3 Å². The molecule has 3 rings (SSSR count). The molecule has 1 aliphatic rings. The van der Waals surface area contributed by atoms with Gasteiger partial charge in [-0.15, -0.1) is 4.40 Å². The molecule has 0 N–H and O–H groups in total. The minimum Gasteiger partial charge on any atom is -0.496 e. The van der Waals surface area contributed by atoms with E-state index in [0.29, 0.717) is 11.4 Å². The first-order valence-electron chi connectivity index (χ1n) is 6.98. The van der Waals surface area contributed by atoms with E-state index < -0.39 is 10.0 Å². The molecule has 2 aromatic rings. The predicted molar refractivity (Wildman–Crippen MR) is 96.2 cm³/mol. The summed E-state index contributed by atoms with van der Waals surface area (Å²) in [6, 6.07) is 12.2. The number of ether oxygens (including phenoxy) is 1.